The summed E-state index contributed by atoms with van der Waals surface area (Å²) in [5.41, 5.74) is 3.33. The van der Waals surface area contributed by atoms with Crippen molar-refractivity contribution < 1.29 is 4.79 Å². The van der Waals surface area contributed by atoms with E-state index in [1.165, 1.54) is 10.5 Å². The molecule has 2 N–H and O–H groups in total. The first-order valence-corrected chi connectivity index (χ1v) is 9.22. The first kappa shape index (κ1) is 19.1. The van der Waals surface area contributed by atoms with Crippen molar-refractivity contribution >= 4 is 25.3 Å². The molecule has 2 heterocycles. The topological polar surface area (TPSA) is 69.1 Å². The molecule has 0 spiro atoms. The Morgan fingerprint density at radius 3 is 2.41 bits per heavy atom. The summed E-state index contributed by atoms with van der Waals surface area (Å²) in [6.07, 6.45) is 1.75. The second-order valence-corrected chi connectivity index (χ2v) is 8.56. The fourth-order valence-corrected chi connectivity index (χ4v) is 3.71. The minimum atomic E-state index is -0.725. The number of benzene rings is 1. The Hall–Kier alpha value is -2.63. The van der Waals surface area contributed by atoms with E-state index in [1.54, 1.807) is 13.2 Å². The molecule has 0 aliphatic carbocycles. The summed E-state index contributed by atoms with van der Waals surface area (Å²) in [5.74, 6) is -0.411. The molecule has 2 aromatic rings. The van der Waals surface area contributed by atoms with Crippen LogP contribution in [0.15, 0.2) is 42.6 Å². The quantitative estimate of drug-likeness (QED) is 0.798. The summed E-state index contributed by atoms with van der Waals surface area (Å²) in [6.45, 7) is 8.51. The molecule has 1 aromatic heterocycles. The molecule has 140 valence electrons. The van der Waals surface area contributed by atoms with Gasteiger partial charge in [-0.25, -0.2) is 0 Å². The van der Waals surface area contributed by atoms with Gasteiger partial charge in [-0.05, 0) is 46.8 Å². The normalized spacial score (nSPS) is 23.3. The van der Waals surface area contributed by atoms with E-state index in [4.69, 9.17) is 5.41 Å². The Balaban J connectivity index is 2.13. The van der Waals surface area contributed by atoms with Crippen LogP contribution in [0.25, 0.3) is 0 Å². The maximum absolute atomic E-state index is 13.2. The summed E-state index contributed by atoms with van der Waals surface area (Å²) < 4.78 is 0. The minimum absolute atomic E-state index is 0.0534. The molecule has 1 amide bonds. The predicted octanol–water partition coefficient (Wildman–Crippen LogP) is 1.63. The average Bonchev–Trinajstić information content (AvgIpc) is 2.59. The number of amides is 1. The van der Waals surface area contributed by atoms with E-state index < -0.39 is 11.5 Å². The number of carbonyl (C=O) groups excluding carboxylic acids is 1. The van der Waals surface area contributed by atoms with Crippen molar-refractivity contribution in [2.75, 3.05) is 7.05 Å². The van der Waals surface area contributed by atoms with Crippen molar-refractivity contribution in [2.45, 2.75) is 44.6 Å². The first-order chi connectivity index (χ1) is 12.5. The number of hydrogen-bond donors (Lipinski definition) is 2. The van der Waals surface area contributed by atoms with Crippen LogP contribution in [0.5, 0.6) is 0 Å². The molecule has 3 rings (SSSR count). The predicted molar refractivity (Wildman–Crippen MR) is 111 cm³/mol. The van der Waals surface area contributed by atoms with Gasteiger partial charge in [0.1, 0.15) is 0 Å². The van der Waals surface area contributed by atoms with E-state index in [2.05, 4.69) is 43.2 Å². The zero-order valence-corrected chi connectivity index (χ0v) is 16.9. The molecule has 2 atom stereocenters. The van der Waals surface area contributed by atoms with Gasteiger partial charge < -0.3 is 5.32 Å². The third kappa shape index (κ3) is 3.36. The van der Waals surface area contributed by atoms with Crippen LogP contribution in [-0.2, 0) is 15.7 Å². The number of nitrogens with zero attached hydrogens (tertiary/aromatic N) is 2. The van der Waals surface area contributed by atoms with Crippen LogP contribution in [0.4, 0.5) is 0 Å². The molecule has 0 saturated carbocycles. The van der Waals surface area contributed by atoms with E-state index in [9.17, 15) is 4.79 Å². The summed E-state index contributed by atoms with van der Waals surface area (Å²) in [6, 6.07) is 12.2. The highest BCUT2D eigenvalue weighted by atomic mass is 16.2. The number of likely N-dealkylation sites (N-methyl/N-ethyl adjacent to an activating group) is 1. The molecule has 0 bridgehead atoms. The van der Waals surface area contributed by atoms with Gasteiger partial charge >= 0.3 is 0 Å². The van der Waals surface area contributed by atoms with Gasteiger partial charge in [-0.3, -0.25) is 20.1 Å². The molecule has 5 nitrogen and oxygen atoms in total. The number of rotatable bonds is 2. The van der Waals surface area contributed by atoms with Crippen LogP contribution in [0.2, 0.25) is 0 Å². The lowest BCUT2D eigenvalue weighted by atomic mass is 9.72. The smallest absolute Gasteiger partial charge is 0.239 e. The second-order valence-electron chi connectivity index (χ2n) is 8.56. The highest BCUT2D eigenvalue weighted by Crippen LogP contribution is 2.40. The number of carbonyl (C=O) groups is 1. The molecular weight excluding hydrogens is 335 g/mol. The van der Waals surface area contributed by atoms with Gasteiger partial charge in [0.2, 0.25) is 5.91 Å². The van der Waals surface area contributed by atoms with Crippen LogP contribution >= 0.6 is 0 Å². The zero-order chi connectivity index (χ0) is 20.0. The molecule has 0 radical (unpaired) electrons. The number of aromatic nitrogens is 1. The van der Waals surface area contributed by atoms with Crippen molar-refractivity contribution in [3.8, 4) is 0 Å². The van der Waals surface area contributed by atoms with E-state index >= 15 is 0 Å². The van der Waals surface area contributed by atoms with Crippen molar-refractivity contribution in [1.82, 2.24) is 15.2 Å². The number of guanidine groups is 1. The number of nitrogens with one attached hydrogen (secondary N) is 2. The largest absolute Gasteiger partial charge is 0.346 e. The molecule has 27 heavy (non-hydrogen) atoms. The molecule has 1 aromatic carbocycles. The molecule has 1 fully saturated rings. The van der Waals surface area contributed by atoms with Crippen molar-refractivity contribution in [3.05, 3.63) is 59.3 Å². The van der Waals surface area contributed by atoms with Crippen molar-refractivity contribution in [2.24, 2.45) is 0 Å². The fourth-order valence-electron chi connectivity index (χ4n) is 3.71. The van der Waals surface area contributed by atoms with Gasteiger partial charge in [0.25, 0.3) is 0 Å². The van der Waals surface area contributed by atoms with Crippen LogP contribution in [-0.4, -0.2) is 36.6 Å². The lowest BCUT2D eigenvalue weighted by molar-refractivity contribution is -0.131. The highest BCUT2D eigenvalue weighted by molar-refractivity contribution is 6.30. The summed E-state index contributed by atoms with van der Waals surface area (Å²) >= 11 is 0. The maximum Gasteiger partial charge on any atom is 0.239 e. The summed E-state index contributed by atoms with van der Waals surface area (Å²) in [5, 5.41) is 11.5. The minimum Gasteiger partial charge on any atom is -0.346 e. The summed E-state index contributed by atoms with van der Waals surface area (Å²) in [4.78, 5) is 18.9. The third-order valence-electron chi connectivity index (χ3n) is 5.47. The van der Waals surface area contributed by atoms with Gasteiger partial charge in [-0.15, -0.1) is 0 Å². The number of pyridine rings is 1. The Labute approximate surface area is 162 Å². The van der Waals surface area contributed by atoms with Gasteiger partial charge in [0.05, 0.1) is 11.5 Å². The summed E-state index contributed by atoms with van der Waals surface area (Å²) in [7, 11) is 3.58. The second kappa shape index (κ2) is 6.52. The van der Waals surface area contributed by atoms with Crippen molar-refractivity contribution in [3.63, 3.8) is 0 Å². The third-order valence-corrected chi connectivity index (χ3v) is 5.47. The van der Waals surface area contributed by atoms with E-state index in [0.29, 0.717) is 0 Å². The fraction of sp³-hybridized carbons (Fsp3) is 0.381. The SMILES string of the molecule is Bc1cc([C@@]2(C)NC(=N)N(C)C(=O)[C@H]2c2ccc(C(C)(C)C)cc2)ccn1. The maximum atomic E-state index is 13.2. The lowest BCUT2D eigenvalue weighted by Gasteiger charge is -2.46. The Morgan fingerprint density at radius 2 is 1.85 bits per heavy atom. The molecule has 1 aliphatic heterocycles. The Morgan fingerprint density at radius 1 is 1.22 bits per heavy atom. The first-order valence-electron chi connectivity index (χ1n) is 9.22. The van der Waals surface area contributed by atoms with Gasteiger partial charge in [0.15, 0.2) is 13.8 Å². The molecule has 1 aliphatic rings. The highest BCUT2D eigenvalue weighted by Gasteiger charge is 2.48. The van der Waals surface area contributed by atoms with Crippen molar-refractivity contribution in [1.29, 1.82) is 5.41 Å². The van der Waals surface area contributed by atoms with Gasteiger partial charge in [-0.1, -0.05) is 45.0 Å². The Bertz CT molecular complexity index is 888. The lowest BCUT2D eigenvalue weighted by Crippen LogP contribution is -2.62. The van der Waals surface area contributed by atoms with E-state index in [-0.39, 0.29) is 17.3 Å². The van der Waals surface area contributed by atoms with E-state index in [1.807, 2.05) is 39.0 Å². The van der Waals surface area contributed by atoms with Crippen LogP contribution < -0.4 is 10.9 Å². The molecule has 6 heteroatoms. The monoisotopic (exact) mass is 362 g/mol. The zero-order valence-electron chi connectivity index (χ0n) is 16.9. The number of hydrogen-bond acceptors (Lipinski definition) is 3. The van der Waals surface area contributed by atoms with Crippen LogP contribution in [0.1, 0.15) is 50.3 Å². The van der Waals surface area contributed by atoms with E-state index in [0.717, 1.165) is 16.7 Å². The molecule has 1 saturated heterocycles. The standard InChI is InChI=1S/C21H27BN4O/c1-20(2,3)14-8-6-13(7-9-14)17-18(27)26(5)19(23)25-21(17,4)15-10-11-24-16(22)12-15/h6-12,17H,22H2,1-5H3,(H2,23,25)/t17-,21-/m1/s1. The molecular formula is C21H27BN4O. The van der Waals surface area contributed by atoms with Crippen LogP contribution in [0.3, 0.4) is 0 Å². The van der Waals surface area contributed by atoms with Gasteiger partial charge in [0, 0.05) is 13.2 Å². The van der Waals surface area contributed by atoms with Gasteiger partial charge in [-0.2, -0.15) is 0 Å². The Kier molecular flexibility index (Phi) is 4.62. The van der Waals surface area contributed by atoms with Crippen LogP contribution in [0, 0.1) is 5.41 Å². The molecule has 0 unspecified atom stereocenters. The average molecular weight is 362 g/mol.